The van der Waals surface area contributed by atoms with Gasteiger partial charge in [0.1, 0.15) is 0 Å². The smallest absolute Gasteiger partial charge is 0.192 e. The highest BCUT2D eigenvalue weighted by Crippen LogP contribution is 2.33. The third kappa shape index (κ3) is 2.02. The summed E-state index contributed by atoms with van der Waals surface area (Å²) in [5.41, 5.74) is 7.95. The minimum atomic E-state index is 0.0858. The van der Waals surface area contributed by atoms with Gasteiger partial charge in [0.15, 0.2) is 5.96 Å². The Morgan fingerprint density at radius 2 is 2.30 bits per heavy atom. The van der Waals surface area contributed by atoms with E-state index >= 15 is 0 Å². The minimum absolute atomic E-state index is 0.0858. The van der Waals surface area contributed by atoms with Crippen molar-refractivity contribution in [1.82, 2.24) is 9.88 Å². The van der Waals surface area contributed by atoms with Gasteiger partial charge in [-0.3, -0.25) is 9.98 Å². The number of pyridine rings is 1. The molecule has 1 atom stereocenters. The zero-order valence-corrected chi connectivity index (χ0v) is 11.7. The summed E-state index contributed by atoms with van der Waals surface area (Å²) < 4.78 is 0. The SMILES string of the molecule is C=CCN1C(N)=NCC1c1ccc(Cl)c2cccnc12. The molecule has 2 N–H and O–H groups in total. The number of guanidine groups is 1. The predicted octanol–water partition coefficient (Wildman–Crippen LogP) is 2.75. The molecule has 0 saturated carbocycles. The average Bonchev–Trinajstić information content (AvgIpc) is 2.82. The fraction of sp³-hybridized carbons (Fsp3) is 0.200. The van der Waals surface area contributed by atoms with E-state index in [0.29, 0.717) is 24.1 Å². The summed E-state index contributed by atoms with van der Waals surface area (Å²) in [4.78, 5) is 10.8. The first-order valence-corrected chi connectivity index (χ1v) is 6.80. The molecular weight excluding hydrogens is 272 g/mol. The molecule has 1 aromatic heterocycles. The molecule has 0 amide bonds. The van der Waals surface area contributed by atoms with Gasteiger partial charge in [-0.25, -0.2) is 0 Å². The Morgan fingerprint density at radius 3 is 3.10 bits per heavy atom. The summed E-state index contributed by atoms with van der Waals surface area (Å²) in [7, 11) is 0. The number of benzene rings is 1. The Balaban J connectivity index is 2.11. The number of halogens is 1. The van der Waals surface area contributed by atoms with Crippen LogP contribution in [0, 0.1) is 0 Å². The number of aliphatic imine (C=N–C) groups is 1. The van der Waals surface area contributed by atoms with Crippen molar-refractivity contribution in [2.45, 2.75) is 6.04 Å². The lowest BCUT2D eigenvalue weighted by molar-refractivity contribution is 0.382. The Hall–Kier alpha value is -2.07. The number of nitrogens with two attached hydrogens (primary N) is 1. The standard InChI is InChI=1S/C15H15ClN4/c1-2-8-20-13(9-19-15(20)17)11-5-6-12(16)10-4-3-7-18-14(10)11/h2-7,13H,1,8-9H2,(H2,17,19). The van der Waals surface area contributed by atoms with Crippen molar-refractivity contribution in [3.63, 3.8) is 0 Å². The molecule has 0 aliphatic carbocycles. The van der Waals surface area contributed by atoms with Crippen LogP contribution in [-0.2, 0) is 0 Å². The number of hydrogen-bond acceptors (Lipinski definition) is 4. The Labute approximate surface area is 122 Å². The van der Waals surface area contributed by atoms with Crippen LogP contribution in [0.15, 0.2) is 48.1 Å². The Morgan fingerprint density at radius 1 is 1.45 bits per heavy atom. The molecule has 4 nitrogen and oxygen atoms in total. The monoisotopic (exact) mass is 286 g/mol. The number of aromatic nitrogens is 1. The topological polar surface area (TPSA) is 54.5 Å². The van der Waals surface area contributed by atoms with Gasteiger partial charge in [0.2, 0.25) is 0 Å². The maximum Gasteiger partial charge on any atom is 0.192 e. The second-order valence-electron chi connectivity index (χ2n) is 4.69. The molecule has 5 heteroatoms. The van der Waals surface area contributed by atoms with Gasteiger partial charge in [0.25, 0.3) is 0 Å². The van der Waals surface area contributed by atoms with Crippen LogP contribution in [0.2, 0.25) is 5.02 Å². The average molecular weight is 287 g/mol. The third-order valence-electron chi connectivity index (χ3n) is 3.53. The van der Waals surface area contributed by atoms with Crippen LogP contribution in [0.3, 0.4) is 0 Å². The van der Waals surface area contributed by atoms with Crippen molar-refractivity contribution >= 4 is 28.5 Å². The summed E-state index contributed by atoms with van der Waals surface area (Å²) in [5.74, 6) is 0.550. The number of hydrogen-bond donors (Lipinski definition) is 1. The van der Waals surface area contributed by atoms with Crippen LogP contribution in [0.25, 0.3) is 10.9 Å². The molecule has 0 radical (unpaired) electrons. The van der Waals surface area contributed by atoms with Gasteiger partial charge in [-0.05, 0) is 18.2 Å². The zero-order valence-electron chi connectivity index (χ0n) is 11.0. The van der Waals surface area contributed by atoms with Crippen LogP contribution in [-0.4, -0.2) is 28.9 Å². The van der Waals surface area contributed by atoms with Crippen molar-refractivity contribution in [3.8, 4) is 0 Å². The number of rotatable bonds is 3. The fourth-order valence-corrected chi connectivity index (χ4v) is 2.80. The van der Waals surface area contributed by atoms with Crippen molar-refractivity contribution in [2.24, 2.45) is 10.7 Å². The van der Waals surface area contributed by atoms with E-state index in [2.05, 4.69) is 16.6 Å². The lowest BCUT2D eigenvalue weighted by atomic mass is 10.0. The lowest BCUT2D eigenvalue weighted by Crippen LogP contribution is -2.36. The van der Waals surface area contributed by atoms with Gasteiger partial charge in [-0.15, -0.1) is 6.58 Å². The minimum Gasteiger partial charge on any atom is -0.370 e. The first-order chi connectivity index (χ1) is 9.72. The quantitative estimate of drug-likeness (QED) is 0.883. The Bertz CT molecular complexity index is 695. The molecule has 0 fully saturated rings. The van der Waals surface area contributed by atoms with E-state index < -0.39 is 0 Å². The second-order valence-corrected chi connectivity index (χ2v) is 5.10. The van der Waals surface area contributed by atoms with Gasteiger partial charge in [0, 0.05) is 28.7 Å². The van der Waals surface area contributed by atoms with Crippen molar-refractivity contribution < 1.29 is 0 Å². The molecule has 1 aliphatic rings. The van der Waals surface area contributed by atoms with E-state index in [1.54, 1.807) is 6.20 Å². The van der Waals surface area contributed by atoms with Crippen LogP contribution in [0.5, 0.6) is 0 Å². The number of fused-ring (bicyclic) bond motifs is 1. The molecule has 0 saturated heterocycles. The van der Waals surface area contributed by atoms with Gasteiger partial charge in [0.05, 0.1) is 18.1 Å². The van der Waals surface area contributed by atoms with Crippen LogP contribution < -0.4 is 5.73 Å². The van der Waals surface area contributed by atoms with E-state index in [1.165, 1.54) is 0 Å². The van der Waals surface area contributed by atoms with Crippen LogP contribution in [0.1, 0.15) is 11.6 Å². The van der Waals surface area contributed by atoms with Gasteiger partial charge < -0.3 is 10.6 Å². The zero-order chi connectivity index (χ0) is 14.1. The molecule has 1 aliphatic heterocycles. The molecule has 102 valence electrons. The highest BCUT2D eigenvalue weighted by Gasteiger charge is 2.28. The normalized spacial score (nSPS) is 18.4. The largest absolute Gasteiger partial charge is 0.370 e. The molecule has 2 aromatic rings. The van der Waals surface area contributed by atoms with E-state index in [-0.39, 0.29) is 6.04 Å². The predicted molar refractivity (Wildman–Crippen MR) is 82.9 cm³/mol. The molecule has 1 unspecified atom stereocenters. The van der Waals surface area contributed by atoms with Crippen molar-refractivity contribution in [2.75, 3.05) is 13.1 Å². The van der Waals surface area contributed by atoms with Crippen molar-refractivity contribution in [1.29, 1.82) is 0 Å². The molecule has 0 spiro atoms. The number of nitrogens with zero attached hydrogens (tertiary/aromatic N) is 3. The molecule has 1 aromatic carbocycles. The molecule has 3 rings (SSSR count). The van der Waals surface area contributed by atoms with Crippen LogP contribution in [0.4, 0.5) is 0 Å². The summed E-state index contributed by atoms with van der Waals surface area (Å²) in [6.45, 7) is 5.07. The summed E-state index contributed by atoms with van der Waals surface area (Å²) in [6.07, 6.45) is 3.60. The first kappa shape index (κ1) is 12.9. The third-order valence-corrected chi connectivity index (χ3v) is 3.86. The molecule has 2 heterocycles. The fourth-order valence-electron chi connectivity index (χ4n) is 2.58. The summed E-state index contributed by atoms with van der Waals surface area (Å²) in [6, 6.07) is 7.86. The second kappa shape index (κ2) is 5.13. The lowest BCUT2D eigenvalue weighted by Gasteiger charge is -2.26. The van der Waals surface area contributed by atoms with E-state index in [9.17, 15) is 0 Å². The maximum atomic E-state index is 6.24. The highest BCUT2D eigenvalue weighted by molar-refractivity contribution is 6.35. The van der Waals surface area contributed by atoms with Gasteiger partial charge >= 0.3 is 0 Å². The summed E-state index contributed by atoms with van der Waals surface area (Å²) >= 11 is 6.24. The van der Waals surface area contributed by atoms with Gasteiger partial charge in [-0.2, -0.15) is 0 Å². The van der Waals surface area contributed by atoms with E-state index in [4.69, 9.17) is 17.3 Å². The van der Waals surface area contributed by atoms with Crippen LogP contribution >= 0.6 is 11.6 Å². The highest BCUT2D eigenvalue weighted by atomic mass is 35.5. The molecule has 20 heavy (non-hydrogen) atoms. The molecule has 0 bridgehead atoms. The molecular formula is C15H15ClN4. The Kier molecular flexibility index (Phi) is 3.32. The van der Waals surface area contributed by atoms with Crippen molar-refractivity contribution in [3.05, 3.63) is 53.7 Å². The first-order valence-electron chi connectivity index (χ1n) is 6.43. The van der Waals surface area contributed by atoms with E-state index in [0.717, 1.165) is 16.5 Å². The van der Waals surface area contributed by atoms with Gasteiger partial charge in [-0.1, -0.05) is 23.7 Å². The summed E-state index contributed by atoms with van der Waals surface area (Å²) in [5, 5.41) is 1.66. The van der Waals surface area contributed by atoms with E-state index in [1.807, 2.05) is 35.2 Å². The maximum absolute atomic E-state index is 6.24.